The van der Waals surface area contributed by atoms with Crippen LogP contribution in [0.4, 0.5) is 19.0 Å². The number of fused-ring (bicyclic) bond motifs is 1. The number of aliphatic imine (C=N–C) groups is 1. The molecule has 0 radical (unpaired) electrons. The zero-order valence-corrected chi connectivity index (χ0v) is 38.1. The smallest absolute Gasteiger partial charge is 0.404 e. The molecular weight excluding hydrogens is 914 g/mol. The number of benzene rings is 2. The molecule has 1 saturated heterocycles. The van der Waals surface area contributed by atoms with E-state index in [2.05, 4.69) is 25.3 Å². The number of thiazole rings is 1. The fraction of sp³-hybridized carbons (Fsp3) is 0.405. The molecule has 7 rings (SSSR count). The molecule has 5 heterocycles. The fourth-order valence-electron chi connectivity index (χ4n) is 7.45. The number of imidazole rings is 1. The van der Waals surface area contributed by atoms with Crippen LogP contribution in [0.3, 0.4) is 0 Å². The molecule has 3 N–H and O–H groups in total. The first-order chi connectivity index (χ1) is 31.0. The molecule has 2 aromatic carbocycles. The van der Waals surface area contributed by atoms with Crippen molar-refractivity contribution in [2.24, 2.45) is 4.99 Å². The minimum atomic E-state index is -4.12. The molecule has 0 aliphatic carbocycles. The van der Waals surface area contributed by atoms with E-state index >= 15 is 8.78 Å². The number of carbonyl (C=O) groups is 2. The molecule has 2 aliphatic rings. The van der Waals surface area contributed by atoms with Crippen molar-refractivity contribution < 1.29 is 50.6 Å². The Bertz CT molecular complexity index is 2620. The Labute approximate surface area is 380 Å². The molecule has 0 saturated carbocycles. The summed E-state index contributed by atoms with van der Waals surface area (Å²) >= 11 is 7.76. The second kappa shape index (κ2) is 20.4. The summed E-state index contributed by atoms with van der Waals surface area (Å²) in [5.41, 5.74) is 7.93. The molecule has 0 amide bonds. The van der Waals surface area contributed by atoms with Gasteiger partial charge in [-0.25, -0.2) is 42.5 Å². The molecule has 3 unspecified atom stereocenters. The maximum Gasteiger partial charge on any atom is 0.404 e. The van der Waals surface area contributed by atoms with Gasteiger partial charge in [-0.05, 0) is 50.6 Å². The monoisotopic (exact) mass is 959 g/mol. The van der Waals surface area contributed by atoms with Crippen LogP contribution in [-0.4, -0.2) is 105 Å². The molecule has 65 heavy (non-hydrogen) atoms. The van der Waals surface area contributed by atoms with E-state index in [0.29, 0.717) is 27.3 Å². The van der Waals surface area contributed by atoms with Crippen LogP contribution < -0.4 is 15.6 Å². The second-order valence-electron chi connectivity index (χ2n) is 15.6. The van der Waals surface area contributed by atoms with Crippen molar-refractivity contribution in [3.8, 4) is 5.75 Å². The Morgan fingerprint density at radius 3 is 2.60 bits per heavy atom. The van der Waals surface area contributed by atoms with Gasteiger partial charge in [0.1, 0.15) is 29.5 Å². The van der Waals surface area contributed by atoms with Crippen molar-refractivity contribution >= 4 is 65.3 Å². The van der Waals surface area contributed by atoms with Crippen LogP contribution in [0.15, 0.2) is 83.0 Å². The Hall–Kier alpha value is -5.44. The highest BCUT2D eigenvalue weighted by molar-refractivity contribution is 7.54. The van der Waals surface area contributed by atoms with E-state index in [1.807, 2.05) is 0 Å². The lowest BCUT2D eigenvalue weighted by Crippen LogP contribution is -2.49. The van der Waals surface area contributed by atoms with E-state index in [1.165, 1.54) is 60.3 Å². The van der Waals surface area contributed by atoms with Gasteiger partial charge >= 0.3 is 19.5 Å². The molecule has 5 aromatic rings. The summed E-state index contributed by atoms with van der Waals surface area (Å²) < 4.78 is 89.4. The van der Waals surface area contributed by atoms with Crippen molar-refractivity contribution in [1.82, 2.24) is 34.7 Å². The number of hydrogen-bond donors (Lipinski definition) is 2. The van der Waals surface area contributed by atoms with Crippen LogP contribution in [0.1, 0.15) is 61.7 Å². The minimum absolute atomic E-state index is 0.00913. The summed E-state index contributed by atoms with van der Waals surface area (Å²) in [7, 11) is -2.93. The zero-order valence-electron chi connectivity index (χ0n) is 35.7. The van der Waals surface area contributed by atoms with Crippen LogP contribution >= 0.6 is 30.5 Å². The number of hydrogen-bond acceptors (Lipinski definition) is 17. The normalized spacial score (nSPS) is 19.1. The van der Waals surface area contributed by atoms with Crippen molar-refractivity contribution in [1.29, 1.82) is 0 Å². The standard InChI is InChI=1S/C42H46ClF3N9O8PS/c1-24(2)62-33(56)11-13-61-64(58,23-60-25(3)17-55-22-51-36-37(47)49-21-50-39(36)55)63-29-8-5-26(6-9-29)27-16-42(45,46)20-54(18-27)19-32-34(41(57)59-4)35(30-10-7-28(44)15-31(30)43)53-38(52-32)40-48-12-14-65-40/h5-10,12,14-15,21-22,24-25,27,35H,11,13,16-20,23H2,1-4H3,(H,52,53)(H2,47,49,50)/t25-,27?,35?,64?/m1/s1. The van der Waals surface area contributed by atoms with Gasteiger partial charge in [-0.15, -0.1) is 11.3 Å². The Balaban J connectivity index is 1.08. The molecule has 0 bridgehead atoms. The number of esters is 2. The number of carbonyl (C=O) groups excluding carboxylic acids is 2. The Kier molecular flexibility index (Phi) is 14.9. The van der Waals surface area contributed by atoms with Crippen molar-refractivity contribution in [3.05, 3.63) is 105 Å². The first-order valence-corrected chi connectivity index (χ1v) is 23.3. The maximum absolute atomic E-state index is 15.7. The number of anilines is 1. The molecule has 346 valence electrons. The molecule has 4 atom stereocenters. The van der Waals surface area contributed by atoms with Gasteiger partial charge in [0.05, 0.1) is 57.3 Å². The molecule has 3 aromatic heterocycles. The number of nitrogen functional groups attached to an aromatic ring is 1. The largest absolute Gasteiger partial charge is 0.466 e. The number of nitrogens with two attached hydrogens (primary N) is 1. The van der Waals surface area contributed by atoms with Gasteiger partial charge in [-0.2, -0.15) is 0 Å². The van der Waals surface area contributed by atoms with Gasteiger partial charge in [0.2, 0.25) is 0 Å². The van der Waals surface area contributed by atoms with E-state index < -0.39 is 68.7 Å². The third-order valence-corrected chi connectivity index (χ3v) is 12.9. The number of nitrogens with zero attached hydrogens (tertiary/aromatic N) is 7. The highest BCUT2D eigenvalue weighted by atomic mass is 35.5. The first-order valence-electron chi connectivity index (χ1n) is 20.4. The SMILES string of the molecule is COC(=O)C1=C(CN2CC(c3ccc(OP(=O)(CO[C@H](C)Cn4cnc5c(N)ncnc54)OCCC(=O)OC(C)C)cc3)CC(F)(F)C2)NC(c2nccs2)=NC1c1ccc(F)cc1Cl. The number of nitrogens with one attached hydrogen (secondary N) is 1. The van der Waals surface area contributed by atoms with Gasteiger partial charge in [0, 0.05) is 53.3 Å². The highest BCUT2D eigenvalue weighted by Gasteiger charge is 2.43. The number of amidine groups is 1. The predicted octanol–water partition coefficient (Wildman–Crippen LogP) is 7.29. The molecule has 2 aliphatic heterocycles. The van der Waals surface area contributed by atoms with Crippen LogP contribution in [-0.2, 0) is 39.4 Å². The summed E-state index contributed by atoms with van der Waals surface area (Å²) in [6.07, 6.45) is 2.30. The lowest BCUT2D eigenvalue weighted by Gasteiger charge is -2.39. The Morgan fingerprint density at radius 2 is 1.89 bits per heavy atom. The summed E-state index contributed by atoms with van der Waals surface area (Å²) in [6.45, 7) is 4.45. The number of methoxy groups -OCH3 is 1. The molecule has 23 heteroatoms. The van der Waals surface area contributed by atoms with Gasteiger partial charge < -0.3 is 34.4 Å². The highest BCUT2D eigenvalue weighted by Crippen LogP contribution is 2.49. The summed E-state index contributed by atoms with van der Waals surface area (Å²) in [4.78, 5) is 48.8. The quantitative estimate of drug-likeness (QED) is 0.0653. The molecule has 0 spiro atoms. The molecule has 17 nitrogen and oxygen atoms in total. The third-order valence-electron chi connectivity index (χ3n) is 10.2. The number of rotatable bonds is 18. The van der Waals surface area contributed by atoms with Crippen molar-refractivity contribution in [2.45, 2.75) is 70.2 Å². The predicted molar refractivity (Wildman–Crippen MR) is 235 cm³/mol. The lowest BCUT2D eigenvalue weighted by molar-refractivity contribution is -0.148. The lowest BCUT2D eigenvalue weighted by atomic mass is 9.88. The van der Waals surface area contributed by atoms with Gasteiger partial charge in [0.25, 0.3) is 5.92 Å². The number of ether oxygens (including phenoxy) is 3. The fourth-order valence-corrected chi connectivity index (χ4v) is 9.74. The van der Waals surface area contributed by atoms with Gasteiger partial charge in [-0.1, -0.05) is 29.8 Å². The van der Waals surface area contributed by atoms with Crippen LogP contribution in [0.25, 0.3) is 11.2 Å². The zero-order chi connectivity index (χ0) is 46.5. The van der Waals surface area contributed by atoms with E-state index in [1.54, 1.807) is 49.0 Å². The van der Waals surface area contributed by atoms with E-state index in [4.69, 9.17) is 45.6 Å². The maximum atomic E-state index is 15.7. The van der Waals surface area contributed by atoms with Crippen LogP contribution in [0.5, 0.6) is 5.75 Å². The number of aromatic nitrogens is 5. The molecule has 1 fully saturated rings. The van der Waals surface area contributed by atoms with E-state index in [0.717, 1.165) is 6.07 Å². The molecular formula is C42H46ClF3N9O8PS. The van der Waals surface area contributed by atoms with Gasteiger partial charge in [-0.3, -0.25) is 19.2 Å². The number of alkyl halides is 2. The first kappa shape index (κ1) is 47.5. The summed E-state index contributed by atoms with van der Waals surface area (Å²) in [6, 6.07) is 8.82. The summed E-state index contributed by atoms with van der Waals surface area (Å²) in [5, 5.41) is 5.35. The minimum Gasteiger partial charge on any atom is -0.466 e. The van der Waals surface area contributed by atoms with E-state index in [9.17, 15) is 18.5 Å². The van der Waals surface area contributed by atoms with Crippen molar-refractivity contribution in [3.63, 3.8) is 0 Å². The van der Waals surface area contributed by atoms with Crippen LogP contribution in [0, 0.1) is 5.82 Å². The topological polar surface area (TPSA) is 208 Å². The van der Waals surface area contributed by atoms with Crippen molar-refractivity contribution in [2.75, 3.05) is 45.4 Å². The summed E-state index contributed by atoms with van der Waals surface area (Å²) in [5.74, 6) is -5.19. The van der Waals surface area contributed by atoms with Gasteiger partial charge in [0.15, 0.2) is 28.7 Å². The average molecular weight is 960 g/mol. The second-order valence-corrected chi connectivity index (χ2v) is 18.9. The van der Waals surface area contributed by atoms with Crippen LogP contribution in [0.2, 0.25) is 5.02 Å². The van der Waals surface area contributed by atoms with E-state index in [-0.39, 0.29) is 72.5 Å². The third kappa shape index (κ3) is 11.9. The number of halogens is 4. The Morgan fingerprint density at radius 1 is 1.11 bits per heavy atom. The number of piperidine rings is 1. The average Bonchev–Trinajstić information content (AvgIpc) is 3.94. The number of likely N-dealkylation sites (tertiary alicyclic amines) is 1.